The summed E-state index contributed by atoms with van der Waals surface area (Å²) in [6.07, 6.45) is 0.341. The van der Waals surface area contributed by atoms with Gasteiger partial charge in [0, 0.05) is 6.42 Å². The van der Waals surface area contributed by atoms with E-state index >= 15 is 0 Å². The lowest BCUT2D eigenvalue weighted by Gasteiger charge is -2.13. The molecular weight excluding hydrogens is 248 g/mol. The Kier molecular flexibility index (Phi) is 5.69. The van der Waals surface area contributed by atoms with Crippen molar-refractivity contribution in [2.75, 3.05) is 0 Å². The van der Waals surface area contributed by atoms with E-state index < -0.39 is 30.4 Å². The fourth-order valence-corrected chi connectivity index (χ4v) is 1.51. The first-order valence-electron chi connectivity index (χ1n) is 5.74. The molecule has 0 saturated carbocycles. The molecule has 0 spiro atoms. The molecule has 0 aliphatic carbocycles. The van der Waals surface area contributed by atoms with Crippen molar-refractivity contribution >= 4 is 18.2 Å². The van der Waals surface area contributed by atoms with Crippen molar-refractivity contribution in [1.29, 1.82) is 0 Å². The molecule has 1 aromatic carbocycles. The van der Waals surface area contributed by atoms with E-state index in [0.29, 0.717) is 6.29 Å². The number of aliphatic carboxylic acids is 1. The molecule has 2 atom stereocenters. The van der Waals surface area contributed by atoms with Gasteiger partial charge in [-0.3, -0.25) is 9.59 Å². The van der Waals surface area contributed by atoms with Crippen molar-refractivity contribution in [2.45, 2.75) is 24.9 Å². The van der Waals surface area contributed by atoms with Crippen LogP contribution in [0.1, 0.15) is 12.0 Å². The normalized spacial score (nSPS) is 13.3. The van der Waals surface area contributed by atoms with E-state index in [4.69, 9.17) is 10.8 Å². The number of carboxylic acids is 1. The van der Waals surface area contributed by atoms with Gasteiger partial charge in [-0.05, 0) is 5.56 Å². The molecule has 19 heavy (non-hydrogen) atoms. The van der Waals surface area contributed by atoms with Crippen LogP contribution in [0.25, 0.3) is 0 Å². The third-order valence-electron chi connectivity index (χ3n) is 2.45. The van der Waals surface area contributed by atoms with Gasteiger partial charge in [0.1, 0.15) is 12.3 Å². The molecular formula is C13H15N2O4. The van der Waals surface area contributed by atoms with Crippen LogP contribution in [-0.4, -0.2) is 35.4 Å². The summed E-state index contributed by atoms with van der Waals surface area (Å²) in [5, 5.41) is 12.2. The molecule has 0 saturated heterocycles. The number of carbonyl (C=O) groups excluding carboxylic acids is 2. The van der Waals surface area contributed by atoms with Crippen LogP contribution in [-0.2, 0) is 20.8 Å². The van der Waals surface area contributed by atoms with Crippen molar-refractivity contribution < 1.29 is 19.5 Å². The fourth-order valence-electron chi connectivity index (χ4n) is 1.51. The molecule has 1 amide bonds. The van der Waals surface area contributed by atoms with Crippen molar-refractivity contribution in [3.63, 3.8) is 0 Å². The Labute approximate surface area is 110 Å². The van der Waals surface area contributed by atoms with Crippen molar-refractivity contribution in [3.05, 3.63) is 35.9 Å². The number of carbonyl (C=O) groups is 3. The van der Waals surface area contributed by atoms with Crippen LogP contribution < -0.4 is 11.1 Å². The summed E-state index contributed by atoms with van der Waals surface area (Å²) in [5.74, 6) is -1.95. The molecule has 1 aromatic rings. The number of hydrogen-bond acceptors (Lipinski definition) is 4. The lowest BCUT2D eigenvalue weighted by Crippen LogP contribution is -2.43. The van der Waals surface area contributed by atoms with Gasteiger partial charge >= 0.3 is 5.97 Å². The van der Waals surface area contributed by atoms with Gasteiger partial charge in [-0.1, -0.05) is 30.3 Å². The van der Waals surface area contributed by atoms with Gasteiger partial charge in [-0.2, -0.15) is 0 Å². The summed E-state index contributed by atoms with van der Waals surface area (Å²) < 4.78 is 0. The largest absolute Gasteiger partial charge is 0.481 e. The zero-order chi connectivity index (χ0) is 14.3. The first-order valence-corrected chi connectivity index (χ1v) is 5.74. The molecule has 0 fully saturated rings. The Hall–Kier alpha value is -2.21. The number of benzene rings is 1. The number of amides is 1. The number of rotatable bonds is 7. The van der Waals surface area contributed by atoms with Gasteiger partial charge in [0.15, 0.2) is 0 Å². The molecule has 6 heteroatoms. The number of nitrogens with zero attached hydrogens (tertiary/aromatic N) is 1. The second-order valence-electron chi connectivity index (χ2n) is 4.06. The molecule has 3 N–H and O–H groups in total. The predicted octanol–water partition coefficient (Wildman–Crippen LogP) is -0.270. The average molecular weight is 263 g/mol. The molecule has 0 aromatic heterocycles. The Bertz CT molecular complexity index is 447. The van der Waals surface area contributed by atoms with E-state index in [-0.39, 0.29) is 6.42 Å². The van der Waals surface area contributed by atoms with Gasteiger partial charge in [0.2, 0.25) is 0 Å². The van der Waals surface area contributed by atoms with Crippen LogP contribution in [0.2, 0.25) is 0 Å². The standard InChI is InChI=1S/C13H15N2O4/c14-11(7-12(17)18)13(19)15-10(8-16)6-9-4-2-1-3-5-9/h1-5,8,10-11H,6-7,14H2,(H,17,18)/t10-,11+/m1/s1. The molecule has 101 valence electrons. The maximum absolute atomic E-state index is 11.5. The Morgan fingerprint density at radius 2 is 1.95 bits per heavy atom. The first-order chi connectivity index (χ1) is 9.02. The van der Waals surface area contributed by atoms with E-state index in [9.17, 15) is 14.4 Å². The Morgan fingerprint density at radius 3 is 2.47 bits per heavy atom. The minimum Gasteiger partial charge on any atom is -0.481 e. The van der Waals surface area contributed by atoms with Gasteiger partial charge in [-0.15, -0.1) is 0 Å². The maximum atomic E-state index is 11.5. The average Bonchev–Trinajstić information content (AvgIpc) is 2.38. The molecule has 0 aliphatic rings. The zero-order valence-electron chi connectivity index (χ0n) is 10.2. The zero-order valence-corrected chi connectivity index (χ0v) is 10.2. The van der Waals surface area contributed by atoms with Gasteiger partial charge in [0.25, 0.3) is 5.91 Å². The summed E-state index contributed by atoms with van der Waals surface area (Å²) in [6, 6.07) is 7.04. The van der Waals surface area contributed by atoms with Crippen LogP contribution in [0, 0.1) is 0 Å². The lowest BCUT2D eigenvalue weighted by atomic mass is 10.1. The summed E-state index contributed by atoms with van der Waals surface area (Å²) in [5.41, 5.74) is 6.24. The summed E-state index contributed by atoms with van der Waals surface area (Å²) in [7, 11) is 0. The molecule has 1 rings (SSSR count). The van der Waals surface area contributed by atoms with E-state index in [1.165, 1.54) is 0 Å². The van der Waals surface area contributed by atoms with Crippen molar-refractivity contribution in [2.24, 2.45) is 5.73 Å². The monoisotopic (exact) mass is 263 g/mol. The lowest BCUT2D eigenvalue weighted by molar-refractivity contribution is -0.139. The van der Waals surface area contributed by atoms with E-state index in [0.717, 1.165) is 5.56 Å². The number of aldehydes is 1. The van der Waals surface area contributed by atoms with Gasteiger partial charge in [0.05, 0.1) is 12.5 Å². The third kappa shape index (κ3) is 5.31. The Balaban J connectivity index is 2.55. The van der Waals surface area contributed by atoms with E-state index in [1.54, 1.807) is 0 Å². The fraction of sp³-hybridized carbons (Fsp3) is 0.308. The maximum Gasteiger partial charge on any atom is 0.305 e. The van der Waals surface area contributed by atoms with Crippen LogP contribution >= 0.6 is 0 Å². The molecule has 0 heterocycles. The van der Waals surface area contributed by atoms with Crippen LogP contribution in [0.15, 0.2) is 30.3 Å². The van der Waals surface area contributed by atoms with Gasteiger partial charge in [-0.25, -0.2) is 5.32 Å². The first kappa shape index (κ1) is 14.8. The van der Waals surface area contributed by atoms with Crippen LogP contribution in [0.3, 0.4) is 0 Å². The minimum atomic E-state index is -1.21. The summed E-state index contributed by atoms with van der Waals surface area (Å²) >= 11 is 0. The number of hydrogen-bond donors (Lipinski definition) is 2. The molecule has 0 bridgehead atoms. The second-order valence-corrected chi connectivity index (χ2v) is 4.06. The SMILES string of the molecule is N[C@@H](CC(=O)O)C(=O)[N][C@@H](C=O)Cc1ccccc1. The predicted molar refractivity (Wildman–Crippen MR) is 67.4 cm³/mol. The quantitative estimate of drug-likeness (QED) is 0.658. The highest BCUT2D eigenvalue weighted by molar-refractivity contribution is 5.87. The topological polar surface area (TPSA) is 112 Å². The molecule has 1 radical (unpaired) electrons. The third-order valence-corrected chi connectivity index (χ3v) is 2.45. The molecule has 0 unspecified atom stereocenters. The minimum absolute atomic E-state index is 0.288. The van der Waals surface area contributed by atoms with Crippen molar-refractivity contribution in [3.8, 4) is 0 Å². The molecule has 6 nitrogen and oxygen atoms in total. The summed E-state index contributed by atoms with van der Waals surface area (Å²) in [6.45, 7) is 0. The van der Waals surface area contributed by atoms with Crippen LogP contribution in [0.5, 0.6) is 0 Å². The summed E-state index contributed by atoms with van der Waals surface area (Å²) in [4.78, 5) is 32.8. The highest BCUT2D eigenvalue weighted by Crippen LogP contribution is 2.03. The Morgan fingerprint density at radius 1 is 1.32 bits per heavy atom. The van der Waals surface area contributed by atoms with E-state index in [2.05, 4.69) is 5.32 Å². The smallest absolute Gasteiger partial charge is 0.305 e. The molecule has 0 aliphatic heterocycles. The highest BCUT2D eigenvalue weighted by Gasteiger charge is 2.22. The van der Waals surface area contributed by atoms with Crippen LogP contribution in [0.4, 0.5) is 0 Å². The number of carboxylic acid groups (broad SMARTS) is 1. The van der Waals surface area contributed by atoms with E-state index in [1.807, 2.05) is 30.3 Å². The van der Waals surface area contributed by atoms with Gasteiger partial charge < -0.3 is 15.6 Å². The number of nitrogens with two attached hydrogens (primary N) is 1. The van der Waals surface area contributed by atoms with Crippen molar-refractivity contribution in [1.82, 2.24) is 5.32 Å². The second kappa shape index (κ2) is 7.27. The highest BCUT2D eigenvalue weighted by atomic mass is 16.4.